The molecule has 2 aliphatic carbocycles. The van der Waals surface area contributed by atoms with Gasteiger partial charge in [0.2, 0.25) is 33.6 Å². The Balaban J connectivity index is 1.29. The first kappa shape index (κ1) is 42.5. The van der Waals surface area contributed by atoms with Crippen LogP contribution in [0.4, 0.5) is 18.0 Å². The van der Waals surface area contributed by atoms with Gasteiger partial charge >= 0.3 is 6.09 Å². The van der Waals surface area contributed by atoms with E-state index >= 15 is 4.79 Å². The molecule has 59 heavy (non-hydrogen) atoms. The number of fused-ring (bicyclic) bond motifs is 5. The van der Waals surface area contributed by atoms with Crippen molar-refractivity contribution in [3.8, 4) is 11.8 Å². The summed E-state index contributed by atoms with van der Waals surface area (Å²) in [4.78, 5) is 63.0. The Bertz CT molecular complexity index is 2150. The summed E-state index contributed by atoms with van der Waals surface area (Å²) in [5.74, 6) is -3.83. The minimum absolute atomic E-state index is 0.00936. The van der Waals surface area contributed by atoms with E-state index in [1.165, 1.54) is 0 Å². The molecule has 2 aromatic rings. The molecule has 0 spiro atoms. The molecule has 1 aromatic carbocycles. The number of ether oxygens (including phenoxy) is 2. The summed E-state index contributed by atoms with van der Waals surface area (Å²) < 4.78 is 82.5. The van der Waals surface area contributed by atoms with E-state index in [1.54, 1.807) is 13.0 Å². The zero-order valence-corrected chi connectivity index (χ0v) is 34.4. The maximum absolute atomic E-state index is 15.1. The Morgan fingerprint density at radius 3 is 2.54 bits per heavy atom. The van der Waals surface area contributed by atoms with Gasteiger partial charge in [-0.25, -0.2) is 26.4 Å². The van der Waals surface area contributed by atoms with Crippen LogP contribution in [0.15, 0.2) is 36.4 Å². The molecule has 1 saturated heterocycles. The summed E-state index contributed by atoms with van der Waals surface area (Å²) in [6.45, 7) is 4.59. The lowest BCUT2D eigenvalue weighted by molar-refractivity contribution is -0.149. The normalized spacial score (nSPS) is 29.5. The number of nitrogens with zero attached hydrogens (tertiary/aromatic N) is 3. The minimum Gasteiger partial charge on any atom is -0.477 e. The first-order chi connectivity index (χ1) is 27.9. The number of benzene rings is 1. The van der Waals surface area contributed by atoms with E-state index in [0.29, 0.717) is 35.6 Å². The van der Waals surface area contributed by atoms with Gasteiger partial charge in [-0.15, -0.1) is 0 Å². The van der Waals surface area contributed by atoms with Crippen LogP contribution in [0, 0.1) is 17.8 Å². The van der Waals surface area contributed by atoms with Gasteiger partial charge in [0.15, 0.2) is 0 Å². The van der Waals surface area contributed by atoms with Crippen LogP contribution in [0.3, 0.4) is 0 Å². The lowest BCUT2D eigenvalue weighted by Gasteiger charge is -2.44. The number of halogens is 3. The second-order valence-electron chi connectivity index (χ2n) is 17.6. The van der Waals surface area contributed by atoms with Gasteiger partial charge in [-0.3, -0.25) is 24.0 Å². The summed E-state index contributed by atoms with van der Waals surface area (Å²) >= 11 is 0. The molecule has 3 aliphatic heterocycles. The number of nitrogens with one attached hydrogen (secondary N) is 2. The fourth-order valence-corrected chi connectivity index (χ4v) is 10.4. The number of rotatable bonds is 9. The number of amides is 4. The van der Waals surface area contributed by atoms with Crippen LogP contribution in [0.5, 0.6) is 11.8 Å². The van der Waals surface area contributed by atoms with Gasteiger partial charge in [0.25, 0.3) is 12.3 Å². The number of carboxylic acid groups (broad SMARTS) is 1. The van der Waals surface area contributed by atoms with Crippen molar-refractivity contribution < 1.29 is 55.3 Å². The summed E-state index contributed by atoms with van der Waals surface area (Å²) in [6, 6.07) is 4.31. The lowest BCUT2D eigenvalue weighted by Crippen LogP contribution is -2.64. The maximum Gasteiger partial charge on any atom is 0.408 e. The van der Waals surface area contributed by atoms with Crippen molar-refractivity contribution in [3.63, 3.8) is 0 Å². The SMILES string of the molecule is C[C@H]1CCC=C[C@@H]2C[C@@]2(C(=O)NS(=O)(=O)C2(CF)CC2)NC(=O)[C@@H]2C[C@@H](Oc3nc4c(c5ccccc35)CCCO4)CN2C(=O)[C@@H](N(C(=O)O)C(C)(C)C(F)F)[C@H](C)C1. The highest BCUT2D eigenvalue weighted by Crippen LogP contribution is 2.48. The predicted octanol–water partition coefficient (Wildman–Crippen LogP) is 5.14. The van der Waals surface area contributed by atoms with Crippen molar-refractivity contribution in [2.45, 2.75) is 126 Å². The number of sulfonamides is 1. The molecule has 0 unspecified atom stereocenters. The van der Waals surface area contributed by atoms with Crippen molar-refractivity contribution in [2.24, 2.45) is 17.8 Å². The highest BCUT2D eigenvalue weighted by molar-refractivity contribution is 7.91. The smallest absolute Gasteiger partial charge is 0.408 e. The second-order valence-corrected chi connectivity index (χ2v) is 19.7. The monoisotopic (exact) mass is 847 g/mol. The van der Waals surface area contributed by atoms with E-state index in [0.717, 1.165) is 42.5 Å². The molecule has 18 heteroatoms. The molecule has 4 heterocycles. The quantitative estimate of drug-likeness (QED) is 0.286. The van der Waals surface area contributed by atoms with E-state index < -0.39 is 92.8 Å². The van der Waals surface area contributed by atoms with E-state index in [1.807, 2.05) is 42.0 Å². The number of carbonyl (C=O) groups excluding carboxylic acids is 3. The third-order valence-electron chi connectivity index (χ3n) is 12.9. The lowest BCUT2D eigenvalue weighted by atomic mass is 9.85. The third kappa shape index (κ3) is 7.81. The molecule has 3 fully saturated rings. The molecule has 3 N–H and O–H groups in total. The molecule has 7 atom stereocenters. The van der Waals surface area contributed by atoms with E-state index in [4.69, 9.17) is 9.47 Å². The number of aromatic nitrogens is 1. The standard InChI is InChI=1S/C41H52F3N5O9S/c1-23-10-5-6-11-25-20-41(25,37(52)47-59(55,56)40(22-42)15-16-40)46-32(50)30-19-26(58-34-29-13-8-7-12-27(29)28-14-9-17-57-33(28)45-34)21-48(30)35(51)31(24(2)18-23)49(38(53)54)39(3,4)36(43)44/h6-8,11-13,23-26,30-31,36H,5,9-10,14-22H2,1-4H3,(H,46,50)(H,47,52)(H,53,54)/t23-,24+,25+,26+,30-,31-,41+/m0/s1. The number of alkyl halides is 3. The Morgan fingerprint density at radius 1 is 1.17 bits per heavy atom. The van der Waals surface area contributed by atoms with Gasteiger partial charge in [0.1, 0.15) is 40.7 Å². The molecular weight excluding hydrogens is 796 g/mol. The van der Waals surface area contributed by atoms with Crippen molar-refractivity contribution in [2.75, 3.05) is 19.8 Å². The van der Waals surface area contributed by atoms with Crippen LogP contribution in [-0.2, 0) is 30.8 Å². The number of hydrogen-bond donors (Lipinski definition) is 3. The summed E-state index contributed by atoms with van der Waals surface area (Å²) in [7, 11) is -4.47. The van der Waals surface area contributed by atoms with Gasteiger partial charge in [0.05, 0.1) is 13.2 Å². The molecule has 0 bridgehead atoms. The number of allylic oxidation sites excluding steroid dienone is 1. The first-order valence-corrected chi connectivity index (χ1v) is 21.8. The Hall–Kier alpha value is -4.61. The number of hydrogen-bond acceptors (Lipinski definition) is 9. The van der Waals surface area contributed by atoms with Crippen molar-refractivity contribution in [1.29, 1.82) is 0 Å². The molecule has 2 saturated carbocycles. The molecular formula is C41H52F3N5O9S. The number of aryl methyl sites for hydroxylation is 1. The van der Waals surface area contributed by atoms with Gasteiger partial charge in [-0.05, 0) is 88.5 Å². The van der Waals surface area contributed by atoms with Crippen LogP contribution < -0.4 is 19.5 Å². The average Bonchev–Trinajstić information content (AvgIpc) is 4.09. The van der Waals surface area contributed by atoms with Crippen LogP contribution in [0.2, 0.25) is 0 Å². The topological polar surface area (TPSA) is 185 Å². The molecule has 1 aromatic heterocycles. The van der Waals surface area contributed by atoms with Crippen LogP contribution in [0.1, 0.15) is 84.6 Å². The summed E-state index contributed by atoms with van der Waals surface area (Å²) in [5.41, 5.74) is -3.20. The van der Waals surface area contributed by atoms with Crippen LogP contribution >= 0.6 is 0 Å². The first-order valence-electron chi connectivity index (χ1n) is 20.3. The molecule has 14 nitrogen and oxygen atoms in total. The van der Waals surface area contributed by atoms with E-state index in [-0.39, 0.29) is 50.4 Å². The molecule has 7 rings (SSSR count). The molecule has 4 amide bonds. The number of pyridine rings is 1. The molecule has 322 valence electrons. The Kier molecular flexibility index (Phi) is 11.4. The summed E-state index contributed by atoms with van der Waals surface area (Å²) in [6.07, 6.45) is 0.364. The van der Waals surface area contributed by atoms with E-state index in [2.05, 4.69) is 10.3 Å². The van der Waals surface area contributed by atoms with Crippen molar-refractivity contribution in [3.05, 3.63) is 42.0 Å². The van der Waals surface area contributed by atoms with Gasteiger partial charge in [-0.2, -0.15) is 4.98 Å². The highest BCUT2D eigenvalue weighted by Gasteiger charge is 2.64. The van der Waals surface area contributed by atoms with Gasteiger partial charge < -0.3 is 24.8 Å². The largest absolute Gasteiger partial charge is 0.477 e. The fourth-order valence-electron chi connectivity index (χ4n) is 9.02. The maximum atomic E-state index is 15.1. The average molecular weight is 848 g/mol. The van der Waals surface area contributed by atoms with Crippen molar-refractivity contribution in [1.82, 2.24) is 24.8 Å². The number of carbonyl (C=O) groups is 4. The van der Waals surface area contributed by atoms with Gasteiger partial charge in [0, 0.05) is 23.3 Å². The summed E-state index contributed by atoms with van der Waals surface area (Å²) in [5, 5.41) is 14.8. The minimum atomic E-state index is -4.47. The van der Waals surface area contributed by atoms with Crippen LogP contribution in [-0.4, -0.2) is 112 Å². The molecule has 5 aliphatic rings. The van der Waals surface area contributed by atoms with E-state index in [9.17, 15) is 41.1 Å². The van der Waals surface area contributed by atoms with Crippen LogP contribution in [0.25, 0.3) is 10.8 Å². The Morgan fingerprint density at radius 2 is 1.88 bits per heavy atom. The van der Waals surface area contributed by atoms with Crippen molar-refractivity contribution >= 4 is 44.6 Å². The Labute approximate surface area is 341 Å². The zero-order chi connectivity index (χ0) is 42.7. The highest BCUT2D eigenvalue weighted by atomic mass is 32.2. The predicted molar refractivity (Wildman–Crippen MR) is 209 cm³/mol. The fraction of sp³-hybridized carbons (Fsp3) is 0.634. The molecule has 0 radical (unpaired) electrons. The second kappa shape index (κ2) is 15.8. The zero-order valence-electron chi connectivity index (χ0n) is 33.6. The van der Waals surface area contributed by atoms with Gasteiger partial charge in [-0.1, -0.05) is 44.2 Å². The third-order valence-corrected chi connectivity index (χ3v) is 15.0.